The Balaban J connectivity index is 2.19. The minimum Gasteiger partial charge on any atom is -0.382 e. The van der Waals surface area contributed by atoms with Crippen LogP contribution in [0.15, 0.2) is 23.1 Å². The van der Waals surface area contributed by atoms with Crippen molar-refractivity contribution in [3.63, 3.8) is 0 Å². The summed E-state index contributed by atoms with van der Waals surface area (Å²) in [6.07, 6.45) is 8.80. The van der Waals surface area contributed by atoms with Crippen molar-refractivity contribution in [3.8, 4) is 0 Å². The highest BCUT2D eigenvalue weighted by molar-refractivity contribution is 7.90. The first-order chi connectivity index (χ1) is 8.97. The van der Waals surface area contributed by atoms with E-state index in [1.54, 1.807) is 12.1 Å². The van der Waals surface area contributed by atoms with Crippen LogP contribution in [0, 0.1) is 6.92 Å². The molecule has 0 amide bonds. The molecule has 0 spiro atoms. The molecule has 1 saturated carbocycles. The molecule has 0 heterocycles. The third-order valence-corrected chi connectivity index (χ3v) is 4.96. The molecule has 0 aliphatic heterocycles. The van der Waals surface area contributed by atoms with Crippen molar-refractivity contribution in [1.82, 2.24) is 0 Å². The van der Waals surface area contributed by atoms with Crippen LogP contribution < -0.4 is 5.32 Å². The van der Waals surface area contributed by atoms with Gasteiger partial charge in [0.2, 0.25) is 0 Å². The van der Waals surface area contributed by atoms with E-state index in [1.165, 1.54) is 44.8 Å². The fraction of sp³-hybridized carbons (Fsp3) is 0.600. The smallest absolute Gasteiger partial charge is 0.175 e. The van der Waals surface area contributed by atoms with E-state index in [4.69, 9.17) is 0 Å². The molecule has 19 heavy (non-hydrogen) atoms. The average molecular weight is 281 g/mol. The topological polar surface area (TPSA) is 46.2 Å². The van der Waals surface area contributed by atoms with Gasteiger partial charge in [-0.25, -0.2) is 8.42 Å². The third-order valence-electron chi connectivity index (χ3n) is 3.85. The van der Waals surface area contributed by atoms with Crippen molar-refractivity contribution in [2.24, 2.45) is 0 Å². The van der Waals surface area contributed by atoms with Gasteiger partial charge >= 0.3 is 0 Å². The Hall–Kier alpha value is -1.03. The first kappa shape index (κ1) is 14.4. The lowest BCUT2D eigenvalue weighted by Crippen LogP contribution is -2.19. The second kappa shape index (κ2) is 5.95. The van der Waals surface area contributed by atoms with E-state index in [-0.39, 0.29) is 0 Å². The first-order valence-electron chi connectivity index (χ1n) is 7.04. The SMILES string of the molecule is Cc1ccc(S(C)(=O)=O)cc1NC1CCCCCC1. The molecule has 1 aliphatic rings. The minimum absolute atomic E-state index is 0.397. The summed E-state index contributed by atoms with van der Waals surface area (Å²) in [6, 6.07) is 5.82. The van der Waals surface area contributed by atoms with E-state index in [9.17, 15) is 8.42 Å². The second-order valence-electron chi connectivity index (χ2n) is 5.58. The lowest BCUT2D eigenvalue weighted by atomic mass is 10.1. The molecule has 3 nitrogen and oxygen atoms in total. The summed E-state index contributed by atoms with van der Waals surface area (Å²) in [5.74, 6) is 0. The van der Waals surface area contributed by atoms with Gasteiger partial charge in [-0.2, -0.15) is 0 Å². The molecule has 0 aromatic heterocycles. The molecule has 1 N–H and O–H groups in total. The number of anilines is 1. The molecule has 2 rings (SSSR count). The van der Waals surface area contributed by atoms with Gasteiger partial charge in [0.05, 0.1) is 4.90 Å². The Kier molecular flexibility index (Phi) is 4.50. The highest BCUT2D eigenvalue weighted by Crippen LogP contribution is 2.25. The van der Waals surface area contributed by atoms with Gasteiger partial charge in [0.15, 0.2) is 9.84 Å². The summed E-state index contributed by atoms with van der Waals surface area (Å²) >= 11 is 0. The minimum atomic E-state index is -3.13. The average Bonchev–Trinajstić information content (AvgIpc) is 2.59. The Labute approximate surface area is 116 Å². The van der Waals surface area contributed by atoms with Crippen molar-refractivity contribution in [2.45, 2.75) is 56.4 Å². The third kappa shape index (κ3) is 3.96. The summed E-state index contributed by atoms with van der Waals surface area (Å²) in [4.78, 5) is 0.397. The number of aryl methyl sites for hydroxylation is 1. The van der Waals surface area contributed by atoms with E-state index >= 15 is 0 Å². The molecular weight excluding hydrogens is 258 g/mol. The summed E-state index contributed by atoms with van der Waals surface area (Å²) in [7, 11) is -3.13. The maximum atomic E-state index is 11.6. The van der Waals surface area contributed by atoms with Crippen LogP contribution >= 0.6 is 0 Å². The lowest BCUT2D eigenvalue weighted by Gasteiger charge is -2.19. The molecule has 0 atom stereocenters. The molecular formula is C15H23NO2S. The van der Waals surface area contributed by atoms with Crippen LogP contribution in [0.3, 0.4) is 0 Å². The molecule has 1 aromatic carbocycles. The van der Waals surface area contributed by atoms with Gasteiger partial charge < -0.3 is 5.32 Å². The zero-order valence-corrected chi connectivity index (χ0v) is 12.6. The van der Waals surface area contributed by atoms with E-state index in [0.717, 1.165) is 11.3 Å². The standard InChI is InChI=1S/C15H23NO2S/c1-12-9-10-14(19(2,17)18)11-15(12)16-13-7-5-3-4-6-8-13/h9-11,13,16H,3-8H2,1-2H3. The van der Waals surface area contributed by atoms with E-state index in [2.05, 4.69) is 5.32 Å². The molecule has 1 aromatic rings. The van der Waals surface area contributed by atoms with Crippen LogP contribution in [0.5, 0.6) is 0 Å². The van der Waals surface area contributed by atoms with Gasteiger partial charge in [0.1, 0.15) is 0 Å². The Morgan fingerprint density at radius 3 is 2.32 bits per heavy atom. The van der Waals surface area contributed by atoms with Crippen LogP contribution in [0.2, 0.25) is 0 Å². The molecule has 0 unspecified atom stereocenters. The molecule has 0 radical (unpaired) electrons. The van der Waals surface area contributed by atoms with Crippen LogP contribution in [0.25, 0.3) is 0 Å². The van der Waals surface area contributed by atoms with Gasteiger partial charge in [0, 0.05) is 18.0 Å². The normalized spacial score (nSPS) is 18.0. The van der Waals surface area contributed by atoms with Crippen molar-refractivity contribution < 1.29 is 8.42 Å². The van der Waals surface area contributed by atoms with Crippen LogP contribution in [0.4, 0.5) is 5.69 Å². The van der Waals surface area contributed by atoms with E-state index < -0.39 is 9.84 Å². The highest BCUT2D eigenvalue weighted by atomic mass is 32.2. The number of rotatable bonds is 3. The zero-order valence-electron chi connectivity index (χ0n) is 11.8. The predicted octanol–water partition coefficient (Wildman–Crippen LogP) is 3.53. The number of benzene rings is 1. The Morgan fingerprint density at radius 2 is 1.74 bits per heavy atom. The molecule has 1 fully saturated rings. The molecule has 106 valence electrons. The highest BCUT2D eigenvalue weighted by Gasteiger charge is 2.14. The lowest BCUT2D eigenvalue weighted by molar-refractivity contribution is 0.601. The maximum Gasteiger partial charge on any atom is 0.175 e. The van der Waals surface area contributed by atoms with Gasteiger partial charge in [-0.3, -0.25) is 0 Å². The Morgan fingerprint density at radius 1 is 1.11 bits per heavy atom. The largest absolute Gasteiger partial charge is 0.382 e. The molecule has 0 saturated heterocycles. The number of nitrogens with one attached hydrogen (secondary N) is 1. The van der Waals surface area contributed by atoms with Gasteiger partial charge in [-0.1, -0.05) is 31.7 Å². The number of hydrogen-bond acceptors (Lipinski definition) is 3. The zero-order chi connectivity index (χ0) is 13.9. The second-order valence-corrected chi connectivity index (χ2v) is 7.60. The van der Waals surface area contributed by atoms with Crippen molar-refractivity contribution in [1.29, 1.82) is 0 Å². The monoisotopic (exact) mass is 281 g/mol. The number of sulfone groups is 1. The van der Waals surface area contributed by atoms with Crippen molar-refractivity contribution in [3.05, 3.63) is 23.8 Å². The van der Waals surface area contributed by atoms with Crippen molar-refractivity contribution >= 4 is 15.5 Å². The quantitative estimate of drug-likeness (QED) is 0.862. The van der Waals surface area contributed by atoms with Crippen LogP contribution in [0.1, 0.15) is 44.1 Å². The predicted molar refractivity (Wildman–Crippen MR) is 79.4 cm³/mol. The van der Waals surface area contributed by atoms with Gasteiger partial charge in [-0.15, -0.1) is 0 Å². The summed E-state index contributed by atoms with van der Waals surface area (Å²) in [6.45, 7) is 2.02. The molecule has 0 bridgehead atoms. The van der Waals surface area contributed by atoms with E-state index in [0.29, 0.717) is 10.9 Å². The van der Waals surface area contributed by atoms with E-state index in [1.807, 2.05) is 13.0 Å². The summed E-state index contributed by atoms with van der Waals surface area (Å²) in [5, 5.41) is 3.54. The molecule has 4 heteroatoms. The fourth-order valence-corrected chi connectivity index (χ4v) is 3.28. The van der Waals surface area contributed by atoms with Crippen LogP contribution in [-0.4, -0.2) is 20.7 Å². The van der Waals surface area contributed by atoms with Crippen LogP contribution in [-0.2, 0) is 9.84 Å². The first-order valence-corrected chi connectivity index (χ1v) is 8.93. The Bertz CT molecular complexity index is 529. The molecule has 1 aliphatic carbocycles. The summed E-state index contributed by atoms with van der Waals surface area (Å²) in [5.41, 5.74) is 2.08. The fourth-order valence-electron chi connectivity index (χ4n) is 2.63. The van der Waals surface area contributed by atoms with Crippen molar-refractivity contribution in [2.75, 3.05) is 11.6 Å². The maximum absolute atomic E-state index is 11.6. The summed E-state index contributed by atoms with van der Waals surface area (Å²) < 4.78 is 23.2. The van der Waals surface area contributed by atoms with Gasteiger partial charge in [0.25, 0.3) is 0 Å². The number of hydrogen-bond donors (Lipinski definition) is 1. The van der Waals surface area contributed by atoms with Gasteiger partial charge in [-0.05, 0) is 37.5 Å².